The Kier molecular flexibility index (Phi) is 5.29. The molecule has 2 fully saturated rings. The highest BCUT2D eigenvalue weighted by Crippen LogP contribution is 2.38. The van der Waals surface area contributed by atoms with E-state index in [1.54, 1.807) is 6.20 Å². The third kappa shape index (κ3) is 3.95. The molecule has 4 rings (SSSR count). The third-order valence-corrected chi connectivity index (χ3v) is 5.89. The van der Waals surface area contributed by atoms with Gasteiger partial charge in [-0.05, 0) is 61.7 Å². The number of ether oxygens (including phenoxy) is 1. The second-order valence-corrected chi connectivity index (χ2v) is 7.88. The zero-order valence-corrected chi connectivity index (χ0v) is 15.6. The molecule has 1 spiro atoms. The molecule has 0 unspecified atom stereocenters. The van der Waals surface area contributed by atoms with Gasteiger partial charge in [0.15, 0.2) is 0 Å². The van der Waals surface area contributed by atoms with Crippen LogP contribution in [0.15, 0.2) is 49.1 Å². The second kappa shape index (κ2) is 7.82. The molecule has 0 radical (unpaired) electrons. The number of hydrogen-bond donors (Lipinski definition) is 0. The van der Waals surface area contributed by atoms with Crippen LogP contribution in [0.1, 0.15) is 24.0 Å². The summed E-state index contributed by atoms with van der Waals surface area (Å²) in [6, 6.07) is 8.27. The summed E-state index contributed by atoms with van der Waals surface area (Å²) in [7, 11) is 2.29. The van der Waals surface area contributed by atoms with E-state index in [1.165, 1.54) is 24.9 Å². The van der Waals surface area contributed by atoms with Crippen molar-refractivity contribution in [2.45, 2.75) is 31.5 Å². The van der Waals surface area contributed by atoms with E-state index in [0.717, 1.165) is 31.8 Å². The van der Waals surface area contributed by atoms with E-state index < -0.39 is 0 Å². The van der Waals surface area contributed by atoms with E-state index in [-0.39, 0.29) is 0 Å². The lowest BCUT2D eigenvalue weighted by Gasteiger charge is -2.58. The standard InChI is InChI=1S/C21H28N4O/c1-24-10-6-19(14-26-15-20-3-2-7-23-12-20)11-21(24)16-25(17-21)13-18-4-8-22-9-5-18/h2-5,7-9,12,19H,6,10-11,13-17H2,1H3/t19-/m1/s1. The van der Waals surface area contributed by atoms with Crippen LogP contribution in [0.2, 0.25) is 0 Å². The number of likely N-dealkylation sites (tertiary alicyclic amines) is 2. The van der Waals surface area contributed by atoms with Gasteiger partial charge in [0, 0.05) is 56.6 Å². The molecule has 0 saturated carbocycles. The van der Waals surface area contributed by atoms with Crippen molar-refractivity contribution < 1.29 is 4.74 Å². The van der Waals surface area contributed by atoms with E-state index >= 15 is 0 Å². The minimum Gasteiger partial charge on any atom is -0.376 e. The average molecular weight is 352 g/mol. The summed E-state index contributed by atoms with van der Waals surface area (Å²) in [4.78, 5) is 13.4. The molecule has 2 aromatic heterocycles. The molecule has 0 amide bonds. The van der Waals surface area contributed by atoms with Crippen LogP contribution in [-0.2, 0) is 17.9 Å². The van der Waals surface area contributed by atoms with E-state index in [0.29, 0.717) is 18.1 Å². The predicted molar refractivity (Wildman–Crippen MR) is 101 cm³/mol. The molecule has 2 aromatic rings. The minimum atomic E-state index is 0.341. The van der Waals surface area contributed by atoms with E-state index in [9.17, 15) is 0 Å². The molecule has 2 saturated heterocycles. The van der Waals surface area contributed by atoms with Gasteiger partial charge >= 0.3 is 0 Å². The first-order chi connectivity index (χ1) is 12.7. The van der Waals surface area contributed by atoms with Gasteiger partial charge in [0.2, 0.25) is 0 Å². The van der Waals surface area contributed by atoms with E-state index in [1.807, 2.05) is 24.7 Å². The topological polar surface area (TPSA) is 41.5 Å². The third-order valence-electron chi connectivity index (χ3n) is 5.89. The van der Waals surface area contributed by atoms with Crippen molar-refractivity contribution in [1.82, 2.24) is 19.8 Å². The van der Waals surface area contributed by atoms with Crippen LogP contribution in [0.3, 0.4) is 0 Å². The number of aromatic nitrogens is 2. The zero-order valence-electron chi connectivity index (χ0n) is 15.6. The highest BCUT2D eigenvalue weighted by Gasteiger charge is 2.49. The van der Waals surface area contributed by atoms with Gasteiger partial charge in [-0.25, -0.2) is 0 Å². The smallest absolute Gasteiger partial charge is 0.0731 e. The van der Waals surface area contributed by atoms with Gasteiger partial charge in [0.1, 0.15) is 0 Å². The van der Waals surface area contributed by atoms with Crippen molar-refractivity contribution in [2.75, 3.05) is 33.3 Å². The lowest BCUT2D eigenvalue weighted by atomic mass is 9.75. The predicted octanol–water partition coefficient (Wildman–Crippen LogP) is 2.59. The molecule has 138 valence electrons. The van der Waals surface area contributed by atoms with Crippen LogP contribution in [0, 0.1) is 5.92 Å². The molecule has 0 N–H and O–H groups in total. The number of nitrogens with zero attached hydrogens (tertiary/aromatic N) is 4. The molecule has 2 aliphatic heterocycles. The van der Waals surface area contributed by atoms with Gasteiger partial charge in [0.25, 0.3) is 0 Å². The number of pyridine rings is 2. The molecule has 4 heterocycles. The van der Waals surface area contributed by atoms with Crippen LogP contribution in [0.4, 0.5) is 0 Å². The highest BCUT2D eigenvalue weighted by atomic mass is 16.5. The first-order valence-corrected chi connectivity index (χ1v) is 9.53. The Morgan fingerprint density at radius 1 is 1.12 bits per heavy atom. The molecular weight excluding hydrogens is 324 g/mol. The Morgan fingerprint density at radius 2 is 1.96 bits per heavy atom. The molecule has 0 bridgehead atoms. The second-order valence-electron chi connectivity index (χ2n) is 7.88. The maximum Gasteiger partial charge on any atom is 0.0731 e. The van der Waals surface area contributed by atoms with Crippen molar-refractivity contribution in [2.24, 2.45) is 5.92 Å². The Labute approximate surface area is 156 Å². The van der Waals surface area contributed by atoms with Crippen molar-refractivity contribution in [3.05, 3.63) is 60.2 Å². The van der Waals surface area contributed by atoms with Crippen LogP contribution < -0.4 is 0 Å². The van der Waals surface area contributed by atoms with Crippen LogP contribution >= 0.6 is 0 Å². The first kappa shape index (κ1) is 17.6. The Hall–Kier alpha value is -1.82. The molecule has 0 aliphatic carbocycles. The minimum absolute atomic E-state index is 0.341. The van der Waals surface area contributed by atoms with Crippen molar-refractivity contribution >= 4 is 0 Å². The molecule has 1 atom stereocenters. The molecule has 0 aromatic carbocycles. The summed E-state index contributed by atoms with van der Waals surface area (Å²) >= 11 is 0. The fourth-order valence-corrected chi connectivity index (χ4v) is 4.39. The Morgan fingerprint density at radius 3 is 2.73 bits per heavy atom. The number of rotatable bonds is 6. The van der Waals surface area contributed by atoms with E-state index in [2.05, 4.69) is 45.0 Å². The summed E-state index contributed by atoms with van der Waals surface area (Å²) in [5.74, 6) is 0.658. The van der Waals surface area contributed by atoms with Gasteiger partial charge < -0.3 is 4.74 Å². The van der Waals surface area contributed by atoms with Crippen molar-refractivity contribution in [1.29, 1.82) is 0 Å². The van der Waals surface area contributed by atoms with Crippen molar-refractivity contribution in [3.8, 4) is 0 Å². The van der Waals surface area contributed by atoms with Gasteiger partial charge in [-0.1, -0.05) is 6.07 Å². The summed E-state index contributed by atoms with van der Waals surface area (Å²) in [6.07, 6.45) is 9.93. The van der Waals surface area contributed by atoms with Crippen LogP contribution in [0.5, 0.6) is 0 Å². The van der Waals surface area contributed by atoms with Gasteiger partial charge in [-0.3, -0.25) is 19.8 Å². The summed E-state index contributed by atoms with van der Waals surface area (Å²) in [5, 5.41) is 0. The average Bonchev–Trinajstić information content (AvgIpc) is 2.65. The number of likely N-dealkylation sites (N-methyl/N-ethyl adjacent to an activating group) is 1. The maximum absolute atomic E-state index is 6.00. The summed E-state index contributed by atoms with van der Waals surface area (Å²) < 4.78 is 6.00. The fourth-order valence-electron chi connectivity index (χ4n) is 4.39. The molecule has 2 aliphatic rings. The van der Waals surface area contributed by atoms with E-state index in [4.69, 9.17) is 4.74 Å². The summed E-state index contributed by atoms with van der Waals surface area (Å²) in [6.45, 7) is 6.04. The molecule has 5 heteroatoms. The fraction of sp³-hybridized carbons (Fsp3) is 0.524. The highest BCUT2D eigenvalue weighted by molar-refractivity contribution is 5.13. The first-order valence-electron chi connectivity index (χ1n) is 9.53. The lowest BCUT2D eigenvalue weighted by Crippen LogP contribution is -2.71. The quantitative estimate of drug-likeness (QED) is 0.799. The Bertz CT molecular complexity index is 688. The van der Waals surface area contributed by atoms with Crippen molar-refractivity contribution in [3.63, 3.8) is 0 Å². The van der Waals surface area contributed by atoms with Crippen LogP contribution in [-0.4, -0.2) is 58.6 Å². The SMILES string of the molecule is CN1CC[C@@H](COCc2cccnc2)CC12CN(Cc1ccncc1)C2. The molecule has 5 nitrogen and oxygen atoms in total. The van der Waals surface area contributed by atoms with Crippen LogP contribution in [0.25, 0.3) is 0 Å². The maximum atomic E-state index is 6.00. The molecular formula is C21H28N4O. The Balaban J connectivity index is 1.26. The monoisotopic (exact) mass is 352 g/mol. The normalized spacial score (nSPS) is 23.0. The lowest BCUT2D eigenvalue weighted by molar-refractivity contribution is -0.0935. The largest absolute Gasteiger partial charge is 0.376 e. The van der Waals surface area contributed by atoms with Gasteiger partial charge in [-0.15, -0.1) is 0 Å². The number of hydrogen-bond acceptors (Lipinski definition) is 5. The zero-order chi connectivity index (χ0) is 17.8. The number of piperidine rings is 1. The molecule has 26 heavy (non-hydrogen) atoms. The summed E-state index contributed by atoms with van der Waals surface area (Å²) in [5.41, 5.74) is 2.85. The van der Waals surface area contributed by atoms with Gasteiger partial charge in [-0.2, -0.15) is 0 Å². The van der Waals surface area contributed by atoms with Gasteiger partial charge in [0.05, 0.1) is 6.61 Å².